The highest BCUT2D eigenvalue weighted by Crippen LogP contribution is 2.17. The van der Waals surface area contributed by atoms with Crippen LogP contribution in [0.1, 0.15) is 11.3 Å². The predicted molar refractivity (Wildman–Crippen MR) is 118 cm³/mol. The largest absolute Gasteiger partial charge is 0.468 e. The molecule has 2 heterocycles. The fourth-order valence-electron chi connectivity index (χ4n) is 3.48. The van der Waals surface area contributed by atoms with Gasteiger partial charge in [-0.05, 0) is 42.0 Å². The number of hydrogen-bond acceptors (Lipinski definition) is 4. The second-order valence-electron chi connectivity index (χ2n) is 7.28. The van der Waals surface area contributed by atoms with Crippen molar-refractivity contribution in [1.82, 2.24) is 9.80 Å². The second-order valence-corrected chi connectivity index (χ2v) is 8.73. The van der Waals surface area contributed by atoms with Crippen LogP contribution in [0.15, 0.2) is 82.3 Å². The van der Waals surface area contributed by atoms with Crippen LogP contribution in [0.5, 0.6) is 0 Å². The lowest BCUT2D eigenvalue weighted by molar-refractivity contribution is 0.137. The fourth-order valence-corrected chi connectivity index (χ4v) is 4.59. The van der Waals surface area contributed by atoms with E-state index < -0.39 is 10.8 Å². The molecule has 0 radical (unpaired) electrons. The minimum absolute atomic E-state index is 0.103. The summed E-state index contributed by atoms with van der Waals surface area (Å²) in [6.07, 6.45) is 1.68. The van der Waals surface area contributed by atoms with E-state index >= 15 is 0 Å². The maximum absolute atomic E-state index is 12.7. The Morgan fingerprint density at radius 3 is 2.50 bits per heavy atom. The average molecular weight is 424 g/mol. The van der Waals surface area contributed by atoms with Crippen LogP contribution >= 0.6 is 0 Å². The molecule has 1 saturated heterocycles. The van der Waals surface area contributed by atoms with Crippen LogP contribution in [0, 0.1) is 0 Å². The molecule has 1 unspecified atom stereocenters. The zero-order valence-corrected chi connectivity index (χ0v) is 17.5. The lowest BCUT2D eigenvalue weighted by Gasteiger charge is -2.34. The van der Waals surface area contributed by atoms with Crippen LogP contribution in [-0.2, 0) is 23.1 Å². The van der Waals surface area contributed by atoms with Gasteiger partial charge in [0.15, 0.2) is 0 Å². The molecule has 0 bridgehead atoms. The van der Waals surface area contributed by atoms with Crippen molar-refractivity contribution in [3.8, 4) is 0 Å². The molecule has 2 amide bonds. The highest BCUT2D eigenvalue weighted by atomic mass is 32.2. The fraction of sp³-hybridized carbons (Fsp3) is 0.261. The SMILES string of the molecule is O=C(Nc1cccc(CS(=O)c2ccccc2)c1)N1CCN(Cc2ccco2)CC1. The van der Waals surface area contributed by atoms with Crippen LogP contribution in [0.25, 0.3) is 0 Å². The van der Waals surface area contributed by atoms with Gasteiger partial charge < -0.3 is 14.6 Å². The number of rotatable bonds is 6. The Hall–Kier alpha value is -2.90. The van der Waals surface area contributed by atoms with Crippen molar-refractivity contribution in [2.24, 2.45) is 0 Å². The summed E-state index contributed by atoms with van der Waals surface area (Å²) < 4.78 is 17.9. The summed E-state index contributed by atoms with van der Waals surface area (Å²) in [6.45, 7) is 3.73. The molecule has 0 spiro atoms. The van der Waals surface area contributed by atoms with Crippen molar-refractivity contribution in [2.45, 2.75) is 17.2 Å². The Balaban J connectivity index is 1.29. The maximum atomic E-state index is 12.7. The molecular weight excluding hydrogens is 398 g/mol. The Bertz CT molecular complexity index is 984. The summed E-state index contributed by atoms with van der Waals surface area (Å²) in [4.78, 5) is 17.6. The van der Waals surface area contributed by atoms with E-state index in [4.69, 9.17) is 4.42 Å². The second kappa shape index (κ2) is 9.73. The van der Waals surface area contributed by atoms with Gasteiger partial charge in [-0.1, -0.05) is 30.3 Å². The van der Waals surface area contributed by atoms with Gasteiger partial charge in [0.05, 0.1) is 29.4 Å². The molecule has 2 aromatic carbocycles. The number of nitrogens with one attached hydrogen (secondary N) is 1. The monoisotopic (exact) mass is 423 g/mol. The number of benzene rings is 2. The standard InChI is InChI=1S/C23H25N3O3S/c27-23(26-13-11-25(12-14-26)17-21-8-5-15-29-21)24-20-7-4-6-19(16-20)18-30(28)22-9-2-1-3-10-22/h1-10,15-16H,11-14,17-18H2,(H,24,27). The van der Waals surface area contributed by atoms with Gasteiger partial charge in [-0.25, -0.2) is 4.79 Å². The normalized spacial score (nSPS) is 15.7. The third-order valence-corrected chi connectivity index (χ3v) is 6.49. The zero-order chi connectivity index (χ0) is 20.8. The van der Waals surface area contributed by atoms with Gasteiger partial charge in [-0.15, -0.1) is 0 Å². The minimum atomic E-state index is -1.11. The van der Waals surface area contributed by atoms with Crippen molar-refractivity contribution in [2.75, 3.05) is 31.5 Å². The number of furan rings is 1. The molecule has 1 atom stereocenters. The first kappa shape index (κ1) is 20.4. The molecule has 1 aliphatic rings. The molecule has 4 rings (SSSR count). The highest BCUT2D eigenvalue weighted by molar-refractivity contribution is 7.84. The summed E-state index contributed by atoms with van der Waals surface area (Å²) in [5, 5.41) is 2.98. The number of amides is 2. The van der Waals surface area contributed by atoms with Crippen LogP contribution in [0.3, 0.4) is 0 Å². The van der Waals surface area contributed by atoms with Gasteiger partial charge in [0.1, 0.15) is 5.76 Å². The van der Waals surface area contributed by atoms with E-state index in [-0.39, 0.29) is 6.03 Å². The number of carbonyl (C=O) groups excluding carboxylic acids is 1. The van der Waals surface area contributed by atoms with Crippen LogP contribution in [-0.4, -0.2) is 46.2 Å². The highest BCUT2D eigenvalue weighted by Gasteiger charge is 2.21. The van der Waals surface area contributed by atoms with Crippen molar-refractivity contribution in [3.05, 3.63) is 84.3 Å². The summed E-state index contributed by atoms with van der Waals surface area (Å²) >= 11 is 0. The molecule has 30 heavy (non-hydrogen) atoms. The van der Waals surface area contributed by atoms with E-state index in [1.54, 1.807) is 6.26 Å². The molecule has 1 N–H and O–H groups in total. The molecule has 156 valence electrons. The third kappa shape index (κ3) is 5.37. The molecule has 6 nitrogen and oxygen atoms in total. The quantitative estimate of drug-likeness (QED) is 0.652. The molecule has 3 aromatic rings. The van der Waals surface area contributed by atoms with Crippen molar-refractivity contribution in [3.63, 3.8) is 0 Å². The van der Waals surface area contributed by atoms with E-state index in [9.17, 15) is 9.00 Å². The number of urea groups is 1. The summed E-state index contributed by atoms with van der Waals surface area (Å²) in [7, 11) is -1.11. The van der Waals surface area contributed by atoms with Gasteiger partial charge in [-0.3, -0.25) is 9.11 Å². The van der Waals surface area contributed by atoms with E-state index in [0.29, 0.717) is 18.8 Å². The zero-order valence-electron chi connectivity index (χ0n) is 16.7. The lowest BCUT2D eigenvalue weighted by atomic mass is 10.2. The Labute approximate surface area is 178 Å². The number of nitrogens with zero attached hydrogens (tertiary/aromatic N) is 2. The topological polar surface area (TPSA) is 65.8 Å². The van der Waals surface area contributed by atoms with E-state index in [1.807, 2.05) is 71.6 Å². The van der Waals surface area contributed by atoms with Crippen LogP contribution in [0.2, 0.25) is 0 Å². The molecule has 1 aromatic heterocycles. The molecule has 0 saturated carbocycles. The number of hydrogen-bond donors (Lipinski definition) is 1. The summed E-state index contributed by atoms with van der Waals surface area (Å²) in [6, 6.07) is 20.8. The van der Waals surface area contributed by atoms with E-state index in [1.165, 1.54) is 0 Å². The number of piperazine rings is 1. The molecule has 0 aliphatic carbocycles. The molecule has 7 heteroatoms. The molecule has 1 aliphatic heterocycles. The first-order chi connectivity index (χ1) is 14.7. The van der Waals surface area contributed by atoms with Gasteiger partial charge in [0, 0.05) is 36.8 Å². The van der Waals surface area contributed by atoms with Gasteiger partial charge in [0.25, 0.3) is 0 Å². The van der Waals surface area contributed by atoms with Crippen molar-refractivity contribution in [1.29, 1.82) is 0 Å². The van der Waals surface area contributed by atoms with Crippen LogP contribution in [0.4, 0.5) is 10.5 Å². The molecular formula is C23H25N3O3S. The van der Waals surface area contributed by atoms with E-state index in [0.717, 1.165) is 41.5 Å². The van der Waals surface area contributed by atoms with Crippen LogP contribution < -0.4 is 5.32 Å². The minimum Gasteiger partial charge on any atom is -0.468 e. The Morgan fingerprint density at radius 2 is 1.77 bits per heavy atom. The lowest BCUT2D eigenvalue weighted by Crippen LogP contribution is -2.49. The van der Waals surface area contributed by atoms with Crippen molar-refractivity contribution >= 4 is 22.5 Å². The van der Waals surface area contributed by atoms with Crippen molar-refractivity contribution < 1.29 is 13.4 Å². The first-order valence-electron chi connectivity index (χ1n) is 10.0. The number of anilines is 1. The summed E-state index contributed by atoms with van der Waals surface area (Å²) in [5.41, 5.74) is 1.65. The summed E-state index contributed by atoms with van der Waals surface area (Å²) in [5.74, 6) is 1.36. The molecule has 1 fully saturated rings. The Morgan fingerprint density at radius 1 is 0.967 bits per heavy atom. The van der Waals surface area contributed by atoms with E-state index in [2.05, 4.69) is 10.2 Å². The third-order valence-electron chi connectivity index (χ3n) is 5.10. The predicted octanol–water partition coefficient (Wildman–Crippen LogP) is 3.94. The number of carbonyl (C=O) groups is 1. The average Bonchev–Trinajstić information content (AvgIpc) is 3.28. The first-order valence-corrected chi connectivity index (χ1v) is 11.3. The van der Waals surface area contributed by atoms with Gasteiger partial charge in [-0.2, -0.15) is 0 Å². The Kier molecular flexibility index (Phi) is 6.61. The smallest absolute Gasteiger partial charge is 0.321 e. The van der Waals surface area contributed by atoms with Gasteiger partial charge >= 0.3 is 6.03 Å². The maximum Gasteiger partial charge on any atom is 0.321 e. The van der Waals surface area contributed by atoms with Gasteiger partial charge in [0.2, 0.25) is 0 Å².